The van der Waals surface area contributed by atoms with Crippen molar-refractivity contribution in [2.24, 2.45) is 0 Å². The van der Waals surface area contributed by atoms with Crippen LogP contribution in [0.2, 0.25) is 0 Å². The highest BCUT2D eigenvalue weighted by molar-refractivity contribution is 7.71. The highest BCUT2D eigenvalue weighted by Gasteiger charge is 2.27. The normalized spacial score (nSPS) is 15.7. The Morgan fingerprint density at radius 3 is 3.13 bits per heavy atom. The minimum atomic E-state index is 0.602. The molecule has 2 aromatic rings. The van der Waals surface area contributed by atoms with E-state index >= 15 is 0 Å². The molecule has 0 atom stereocenters. The van der Waals surface area contributed by atoms with Crippen molar-refractivity contribution in [1.29, 1.82) is 0 Å². The van der Waals surface area contributed by atoms with Gasteiger partial charge in [0.05, 0.1) is 0 Å². The highest BCUT2D eigenvalue weighted by Crippen LogP contribution is 2.36. The molecule has 0 spiro atoms. The first-order valence-electron chi connectivity index (χ1n) is 5.01. The number of aromatic nitrogens is 3. The lowest BCUT2D eigenvalue weighted by Crippen LogP contribution is -2.02. The van der Waals surface area contributed by atoms with Crippen molar-refractivity contribution < 1.29 is 0 Å². The Labute approximate surface area is 96.8 Å². The molecule has 0 bridgehead atoms. The van der Waals surface area contributed by atoms with Crippen molar-refractivity contribution in [3.05, 3.63) is 33.0 Å². The maximum Gasteiger partial charge on any atom is 0.195 e. The van der Waals surface area contributed by atoms with Crippen LogP contribution in [0, 0.1) is 4.77 Å². The molecule has 0 aromatic carbocycles. The van der Waals surface area contributed by atoms with E-state index in [0.717, 1.165) is 17.0 Å². The molecule has 0 unspecified atom stereocenters. The predicted octanol–water partition coefficient (Wildman–Crippen LogP) is 2.93. The van der Waals surface area contributed by atoms with Crippen LogP contribution in [0.4, 0.5) is 0 Å². The summed E-state index contributed by atoms with van der Waals surface area (Å²) in [6.07, 6.45) is 3.36. The summed E-state index contributed by atoms with van der Waals surface area (Å²) in [5, 5.41) is 11.4. The van der Waals surface area contributed by atoms with Crippen molar-refractivity contribution in [1.82, 2.24) is 14.8 Å². The van der Waals surface area contributed by atoms with Gasteiger partial charge in [0.15, 0.2) is 4.77 Å². The second-order valence-electron chi connectivity index (χ2n) is 3.85. The summed E-state index contributed by atoms with van der Waals surface area (Å²) in [6, 6.07) is 2.74. The zero-order chi connectivity index (χ0) is 10.3. The van der Waals surface area contributed by atoms with Crippen LogP contribution in [0.15, 0.2) is 16.8 Å². The van der Waals surface area contributed by atoms with Gasteiger partial charge in [-0.2, -0.15) is 16.4 Å². The van der Waals surface area contributed by atoms with Gasteiger partial charge in [-0.05, 0) is 47.4 Å². The predicted molar refractivity (Wildman–Crippen MR) is 62.8 cm³/mol. The van der Waals surface area contributed by atoms with Gasteiger partial charge in [-0.1, -0.05) is 0 Å². The van der Waals surface area contributed by atoms with Gasteiger partial charge in [-0.15, -0.1) is 0 Å². The first kappa shape index (κ1) is 9.30. The molecule has 78 valence electrons. The Balaban J connectivity index is 1.94. The summed E-state index contributed by atoms with van der Waals surface area (Å²) < 4.78 is 2.94. The SMILES string of the molecule is S=c1[nH]nc(Cc2ccsc2)n1C1CC1. The van der Waals surface area contributed by atoms with Crippen LogP contribution in [-0.4, -0.2) is 14.8 Å². The van der Waals surface area contributed by atoms with Crippen LogP contribution in [0.3, 0.4) is 0 Å². The Morgan fingerprint density at radius 2 is 2.47 bits per heavy atom. The van der Waals surface area contributed by atoms with Crippen molar-refractivity contribution in [3.8, 4) is 0 Å². The van der Waals surface area contributed by atoms with Crippen molar-refractivity contribution in [2.45, 2.75) is 25.3 Å². The van der Waals surface area contributed by atoms with Crippen molar-refractivity contribution >= 4 is 23.6 Å². The van der Waals surface area contributed by atoms with E-state index in [1.807, 2.05) is 0 Å². The van der Waals surface area contributed by atoms with Gasteiger partial charge in [0, 0.05) is 12.5 Å². The zero-order valence-electron chi connectivity index (χ0n) is 8.14. The molecule has 3 rings (SSSR count). The van der Waals surface area contributed by atoms with Gasteiger partial charge in [0.25, 0.3) is 0 Å². The lowest BCUT2D eigenvalue weighted by Gasteiger charge is -2.02. The number of nitrogens with zero attached hydrogens (tertiary/aromatic N) is 2. The monoisotopic (exact) mass is 237 g/mol. The molecule has 15 heavy (non-hydrogen) atoms. The van der Waals surface area contributed by atoms with Crippen LogP contribution in [-0.2, 0) is 6.42 Å². The highest BCUT2D eigenvalue weighted by atomic mass is 32.1. The second kappa shape index (κ2) is 3.57. The third kappa shape index (κ3) is 1.77. The maximum atomic E-state index is 5.23. The summed E-state index contributed by atoms with van der Waals surface area (Å²) >= 11 is 6.95. The van der Waals surface area contributed by atoms with Gasteiger partial charge in [-0.3, -0.25) is 5.10 Å². The van der Waals surface area contributed by atoms with Crippen LogP contribution >= 0.6 is 23.6 Å². The molecule has 1 N–H and O–H groups in total. The molecule has 1 saturated carbocycles. The molecule has 1 fully saturated rings. The fourth-order valence-corrected chi connectivity index (χ4v) is 2.72. The third-order valence-electron chi connectivity index (χ3n) is 2.63. The molecule has 0 saturated heterocycles. The van der Waals surface area contributed by atoms with E-state index in [1.165, 1.54) is 18.4 Å². The zero-order valence-corrected chi connectivity index (χ0v) is 9.77. The molecule has 3 nitrogen and oxygen atoms in total. The molecule has 2 aromatic heterocycles. The molecule has 0 radical (unpaired) electrons. The molecule has 1 aliphatic carbocycles. The minimum Gasteiger partial charge on any atom is -0.301 e. The number of aromatic amines is 1. The lowest BCUT2D eigenvalue weighted by atomic mass is 10.2. The molecular formula is C10H11N3S2. The Kier molecular flexibility index (Phi) is 2.21. The smallest absolute Gasteiger partial charge is 0.195 e. The van der Waals surface area contributed by atoms with Crippen LogP contribution in [0.25, 0.3) is 0 Å². The number of H-pyrrole nitrogens is 1. The molecule has 1 aliphatic rings. The fourth-order valence-electron chi connectivity index (χ4n) is 1.75. The Hall–Kier alpha value is -0.940. The van der Waals surface area contributed by atoms with E-state index in [9.17, 15) is 0 Å². The third-order valence-corrected chi connectivity index (χ3v) is 3.65. The summed E-state index contributed by atoms with van der Waals surface area (Å²) in [5.41, 5.74) is 1.32. The standard InChI is InChI=1S/C10H11N3S2/c14-10-12-11-9(13(10)8-1-2-8)5-7-3-4-15-6-7/h3-4,6,8H,1-2,5H2,(H,12,14). The van der Waals surface area contributed by atoms with Gasteiger partial charge in [0.1, 0.15) is 5.82 Å². The average Bonchev–Trinajstić information content (AvgIpc) is 2.80. The quantitative estimate of drug-likeness (QED) is 0.833. The van der Waals surface area contributed by atoms with Crippen LogP contribution in [0.1, 0.15) is 30.3 Å². The Morgan fingerprint density at radius 1 is 1.60 bits per heavy atom. The lowest BCUT2D eigenvalue weighted by molar-refractivity contribution is 0.686. The van der Waals surface area contributed by atoms with Gasteiger partial charge >= 0.3 is 0 Å². The van der Waals surface area contributed by atoms with E-state index < -0.39 is 0 Å². The fraction of sp³-hybridized carbons (Fsp3) is 0.400. The van der Waals surface area contributed by atoms with E-state index in [1.54, 1.807) is 11.3 Å². The largest absolute Gasteiger partial charge is 0.301 e. The van der Waals surface area contributed by atoms with Gasteiger partial charge in [0.2, 0.25) is 0 Å². The first-order valence-corrected chi connectivity index (χ1v) is 6.36. The Bertz CT molecular complexity index is 505. The summed E-state index contributed by atoms with van der Waals surface area (Å²) in [4.78, 5) is 0. The van der Waals surface area contributed by atoms with E-state index in [0.29, 0.717) is 6.04 Å². The van der Waals surface area contributed by atoms with Crippen molar-refractivity contribution in [3.63, 3.8) is 0 Å². The second-order valence-corrected chi connectivity index (χ2v) is 5.02. The number of thiophene rings is 1. The van der Waals surface area contributed by atoms with E-state index in [4.69, 9.17) is 12.2 Å². The number of nitrogens with one attached hydrogen (secondary N) is 1. The molecule has 2 heterocycles. The van der Waals surface area contributed by atoms with E-state index in [2.05, 4.69) is 31.6 Å². The topological polar surface area (TPSA) is 33.6 Å². The van der Waals surface area contributed by atoms with Gasteiger partial charge < -0.3 is 4.57 Å². The van der Waals surface area contributed by atoms with Crippen LogP contribution < -0.4 is 0 Å². The molecule has 5 heteroatoms. The summed E-state index contributed by atoms with van der Waals surface area (Å²) in [7, 11) is 0. The average molecular weight is 237 g/mol. The number of rotatable bonds is 3. The first-order chi connectivity index (χ1) is 7.34. The minimum absolute atomic E-state index is 0.602. The summed E-state index contributed by atoms with van der Waals surface area (Å²) in [5.74, 6) is 1.07. The maximum absolute atomic E-state index is 5.23. The number of hydrogen-bond donors (Lipinski definition) is 1. The molecular weight excluding hydrogens is 226 g/mol. The van der Waals surface area contributed by atoms with Crippen molar-refractivity contribution in [2.75, 3.05) is 0 Å². The number of hydrogen-bond acceptors (Lipinski definition) is 3. The van der Waals surface area contributed by atoms with Crippen LogP contribution in [0.5, 0.6) is 0 Å². The molecule has 0 aliphatic heterocycles. The molecule has 0 amide bonds. The summed E-state index contributed by atoms with van der Waals surface area (Å²) in [6.45, 7) is 0. The van der Waals surface area contributed by atoms with E-state index in [-0.39, 0.29) is 0 Å². The van der Waals surface area contributed by atoms with Gasteiger partial charge in [-0.25, -0.2) is 0 Å².